The van der Waals surface area contributed by atoms with Gasteiger partial charge in [0.25, 0.3) is 11.8 Å². The van der Waals surface area contributed by atoms with E-state index in [0.29, 0.717) is 5.56 Å². The number of hydrogen-bond donors (Lipinski definition) is 4. The van der Waals surface area contributed by atoms with Crippen molar-refractivity contribution in [1.29, 1.82) is 0 Å². The molecule has 0 unspecified atom stereocenters. The highest BCUT2D eigenvalue weighted by Crippen LogP contribution is 2.14. The molecule has 0 aliphatic heterocycles. The second-order valence-electron chi connectivity index (χ2n) is 4.15. The molecular formula is C13H14N2O6. The van der Waals surface area contributed by atoms with Crippen molar-refractivity contribution in [3.05, 3.63) is 34.9 Å². The van der Waals surface area contributed by atoms with Crippen LogP contribution in [0.2, 0.25) is 0 Å². The minimum Gasteiger partial charge on any atom is -0.480 e. The predicted octanol–water partition coefficient (Wildman–Crippen LogP) is -0.376. The SMILES string of the molecule is Cc1cccc(C(=O)NCC(=O)O)c1C(=O)NCC(=O)O. The summed E-state index contributed by atoms with van der Waals surface area (Å²) in [7, 11) is 0. The summed E-state index contributed by atoms with van der Waals surface area (Å²) in [5.74, 6) is -3.86. The maximum atomic E-state index is 12.0. The van der Waals surface area contributed by atoms with Gasteiger partial charge in [-0.3, -0.25) is 19.2 Å². The summed E-state index contributed by atoms with van der Waals surface area (Å²) in [4.78, 5) is 44.8. The smallest absolute Gasteiger partial charge is 0.322 e. The quantitative estimate of drug-likeness (QED) is 0.565. The van der Waals surface area contributed by atoms with E-state index in [4.69, 9.17) is 10.2 Å². The number of amides is 2. The van der Waals surface area contributed by atoms with E-state index in [1.54, 1.807) is 19.1 Å². The molecule has 0 radical (unpaired) electrons. The fraction of sp³-hybridized carbons (Fsp3) is 0.231. The lowest BCUT2D eigenvalue weighted by atomic mass is 10.0. The van der Waals surface area contributed by atoms with E-state index in [2.05, 4.69) is 10.6 Å². The molecule has 0 heterocycles. The normalized spacial score (nSPS) is 9.76. The van der Waals surface area contributed by atoms with Crippen LogP contribution in [0.4, 0.5) is 0 Å². The largest absolute Gasteiger partial charge is 0.480 e. The van der Waals surface area contributed by atoms with E-state index in [0.717, 1.165) is 0 Å². The number of nitrogens with one attached hydrogen (secondary N) is 2. The van der Waals surface area contributed by atoms with Crippen LogP contribution in [0.3, 0.4) is 0 Å². The Hall–Kier alpha value is -2.90. The first kappa shape index (κ1) is 16.2. The summed E-state index contributed by atoms with van der Waals surface area (Å²) >= 11 is 0. The summed E-state index contributed by atoms with van der Waals surface area (Å²) in [6, 6.07) is 4.49. The fourth-order valence-corrected chi connectivity index (χ4v) is 1.65. The van der Waals surface area contributed by atoms with Gasteiger partial charge in [-0.05, 0) is 18.6 Å². The monoisotopic (exact) mass is 294 g/mol. The highest BCUT2D eigenvalue weighted by Gasteiger charge is 2.19. The van der Waals surface area contributed by atoms with E-state index in [-0.39, 0.29) is 11.1 Å². The fourth-order valence-electron chi connectivity index (χ4n) is 1.65. The zero-order valence-electron chi connectivity index (χ0n) is 11.2. The third-order valence-corrected chi connectivity index (χ3v) is 2.54. The van der Waals surface area contributed by atoms with Gasteiger partial charge in [-0.1, -0.05) is 12.1 Å². The number of carboxylic acids is 2. The number of benzene rings is 1. The molecule has 0 atom stereocenters. The third kappa shape index (κ3) is 4.60. The standard InChI is InChI=1S/C13H14N2O6/c1-7-3-2-4-8(12(20)14-5-9(16)17)11(7)13(21)15-6-10(18)19/h2-4H,5-6H2,1H3,(H,14,20)(H,15,21)(H,16,17)(H,18,19). The number of rotatable bonds is 6. The molecule has 0 bridgehead atoms. The van der Waals surface area contributed by atoms with E-state index in [9.17, 15) is 19.2 Å². The molecule has 1 aromatic rings. The molecule has 8 heteroatoms. The van der Waals surface area contributed by atoms with Gasteiger partial charge in [0, 0.05) is 0 Å². The average molecular weight is 294 g/mol. The summed E-state index contributed by atoms with van der Waals surface area (Å²) in [6.07, 6.45) is 0. The number of aliphatic carboxylic acids is 2. The third-order valence-electron chi connectivity index (χ3n) is 2.54. The topological polar surface area (TPSA) is 133 Å². The lowest BCUT2D eigenvalue weighted by Gasteiger charge is -2.11. The molecule has 0 saturated carbocycles. The van der Waals surface area contributed by atoms with E-state index in [1.807, 2.05) is 0 Å². The summed E-state index contributed by atoms with van der Waals surface area (Å²) in [5, 5.41) is 21.4. The highest BCUT2D eigenvalue weighted by molar-refractivity contribution is 6.09. The van der Waals surface area contributed by atoms with Crippen LogP contribution in [0.15, 0.2) is 18.2 Å². The number of aryl methyl sites for hydroxylation is 1. The molecule has 1 rings (SSSR count). The Labute approximate surface area is 119 Å². The molecule has 21 heavy (non-hydrogen) atoms. The van der Waals surface area contributed by atoms with Crippen molar-refractivity contribution in [2.75, 3.05) is 13.1 Å². The van der Waals surface area contributed by atoms with Gasteiger partial charge in [0.05, 0.1) is 11.1 Å². The lowest BCUT2D eigenvalue weighted by Crippen LogP contribution is -2.34. The number of hydrogen-bond acceptors (Lipinski definition) is 4. The van der Waals surface area contributed by atoms with E-state index >= 15 is 0 Å². The summed E-state index contributed by atoms with van der Waals surface area (Å²) < 4.78 is 0. The molecule has 0 aliphatic rings. The van der Waals surface area contributed by atoms with Gasteiger partial charge < -0.3 is 20.8 Å². The van der Waals surface area contributed by atoms with Crippen molar-refractivity contribution in [1.82, 2.24) is 10.6 Å². The molecule has 0 aliphatic carbocycles. The maximum Gasteiger partial charge on any atom is 0.322 e. The van der Waals surface area contributed by atoms with Crippen LogP contribution in [0.1, 0.15) is 26.3 Å². The van der Waals surface area contributed by atoms with Gasteiger partial charge >= 0.3 is 11.9 Å². The van der Waals surface area contributed by atoms with Gasteiger partial charge in [0.2, 0.25) is 0 Å². The van der Waals surface area contributed by atoms with Crippen molar-refractivity contribution in [2.45, 2.75) is 6.92 Å². The lowest BCUT2D eigenvalue weighted by molar-refractivity contribution is -0.136. The Balaban J connectivity index is 3.02. The van der Waals surface area contributed by atoms with Crippen LogP contribution in [-0.2, 0) is 9.59 Å². The van der Waals surface area contributed by atoms with Gasteiger partial charge in [0.1, 0.15) is 13.1 Å². The summed E-state index contributed by atoms with van der Waals surface area (Å²) in [5.41, 5.74) is 0.474. The minimum absolute atomic E-state index is 0.0147. The molecule has 0 fully saturated rings. The van der Waals surface area contributed by atoms with Crippen LogP contribution >= 0.6 is 0 Å². The van der Waals surface area contributed by atoms with E-state index in [1.165, 1.54) is 6.07 Å². The zero-order chi connectivity index (χ0) is 16.0. The van der Waals surface area contributed by atoms with Crippen LogP contribution in [0.5, 0.6) is 0 Å². The maximum absolute atomic E-state index is 12.0. The molecule has 1 aromatic carbocycles. The van der Waals surface area contributed by atoms with Crippen LogP contribution in [0.25, 0.3) is 0 Å². The van der Waals surface area contributed by atoms with Crippen LogP contribution < -0.4 is 10.6 Å². The van der Waals surface area contributed by atoms with Crippen molar-refractivity contribution in [3.63, 3.8) is 0 Å². The molecule has 8 nitrogen and oxygen atoms in total. The number of carboxylic acid groups (broad SMARTS) is 2. The first-order valence-corrected chi connectivity index (χ1v) is 5.92. The Morgan fingerprint density at radius 1 is 0.952 bits per heavy atom. The molecule has 0 aromatic heterocycles. The van der Waals surface area contributed by atoms with Crippen LogP contribution in [0, 0.1) is 6.92 Å². The second-order valence-corrected chi connectivity index (χ2v) is 4.15. The van der Waals surface area contributed by atoms with Gasteiger partial charge in [-0.15, -0.1) is 0 Å². The van der Waals surface area contributed by atoms with Gasteiger partial charge in [0.15, 0.2) is 0 Å². The molecular weight excluding hydrogens is 280 g/mol. The number of carbonyl (C=O) groups is 4. The minimum atomic E-state index is -1.21. The number of carbonyl (C=O) groups excluding carboxylic acids is 2. The van der Waals surface area contributed by atoms with Gasteiger partial charge in [-0.2, -0.15) is 0 Å². The predicted molar refractivity (Wildman–Crippen MR) is 71.1 cm³/mol. The Morgan fingerprint density at radius 2 is 1.48 bits per heavy atom. The molecule has 4 N–H and O–H groups in total. The Bertz CT molecular complexity index is 596. The molecule has 0 saturated heterocycles. The Morgan fingerprint density at radius 3 is 2.00 bits per heavy atom. The van der Waals surface area contributed by atoms with Crippen molar-refractivity contribution in [2.24, 2.45) is 0 Å². The molecule has 2 amide bonds. The zero-order valence-corrected chi connectivity index (χ0v) is 11.2. The molecule has 0 spiro atoms. The average Bonchev–Trinajstić information content (AvgIpc) is 2.41. The second kappa shape index (κ2) is 7.04. The molecule has 112 valence electrons. The first-order chi connectivity index (χ1) is 9.82. The highest BCUT2D eigenvalue weighted by atomic mass is 16.4. The van der Waals surface area contributed by atoms with Crippen LogP contribution in [-0.4, -0.2) is 47.1 Å². The Kier molecular flexibility index (Phi) is 5.41. The van der Waals surface area contributed by atoms with Crippen molar-refractivity contribution >= 4 is 23.8 Å². The van der Waals surface area contributed by atoms with Crippen molar-refractivity contribution < 1.29 is 29.4 Å². The summed E-state index contributed by atoms with van der Waals surface area (Å²) in [6.45, 7) is 0.427. The first-order valence-electron chi connectivity index (χ1n) is 5.92. The van der Waals surface area contributed by atoms with Gasteiger partial charge in [-0.25, -0.2) is 0 Å². The van der Waals surface area contributed by atoms with Crippen molar-refractivity contribution in [3.8, 4) is 0 Å². The van der Waals surface area contributed by atoms with E-state index < -0.39 is 36.8 Å².